The van der Waals surface area contributed by atoms with Crippen LogP contribution in [0.2, 0.25) is 0 Å². The second-order valence-corrected chi connectivity index (χ2v) is 3.91. The Bertz CT molecular complexity index is 637. The summed E-state index contributed by atoms with van der Waals surface area (Å²) >= 11 is 0. The Morgan fingerprint density at radius 3 is 2.89 bits per heavy atom. The average Bonchev–Trinajstić information content (AvgIpc) is 2.70. The predicted octanol–water partition coefficient (Wildman–Crippen LogP) is 1.85. The van der Waals surface area contributed by atoms with Gasteiger partial charge in [0.2, 0.25) is 0 Å². The highest BCUT2D eigenvalue weighted by atomic mass is 16.1. The first-order valence-corrected chi connectivity index (χ1v) is 5.42. The summed E-state index contributed by atoms with van der Waals surface area (Å²) in [4.78, 5) is 12.0. The number of hydrogen-bond acceptors (Lipinski definition) is 3. The molecular formula is C13H12N4O. The summed E-state index contributed by atoms with van der Waals surface area (Å²) in [7, 11) is 1.78. The van der Waals surface area contributed by atoms with Gasteiger partial charge in [0.15, 0.2) is 0 Å². The summed E-state index contributed by atoms with van der Waals surface area (Å²) in [6, 6.07) is 8.81. The first-order chi connectivity index (χ1) is 8.61. The largest absolute Gasteiger partial charge is 0.322 e. The van der Waals surface area contributed by atoms with Gasteiger partial charge in [-0.25, -0.2) is 0 Å². The SMILES string of the molecule is Cc1c(C(=O)Nc2cccc(C#N)c2)cnn1C. The van der Waals surface area contributed by atoms with Crippen molar-refractivity contribution in [3.8, 4) is 6.07 Å². The number of anilines is 1. The molecule has 0 fully saturated rings. The Kier molecular flexibility index (Phi) is 3.11. The molecule has 0 atom stereocenters. The van der Waals surface area contributed by atoms with Gasteiger partial charge >= 0.3 is 0 Å². The molecule has 1 N–H and O–H groups in total. The van der Waals surface area contributed by atoms with E-state index >= 15 is 0 Å². The molecule has 5 nitrogen and oxygen atoms in total. The minimum atomic E-state index is -0.226. The molecule has 1 aromatic heterocycles. The Morgan fingerprint density at radius 2 is 2.28 bits per heavy atom. The molecule has 90 valence electrons. The third-order valence-electron chi connectivity index (χ3n) is 2.73. The lowest BCUT2D eigenvalue weighted by atomic mass is 10.2. The summed E-state index contributed by atoms with van der Waals surface area (Å²) in [6.45, 7) is 1.83. The Balaban J connectivity index is 2.22. The molecule has 0 aliphatic rings. The van der Waals surface area contributed by atoms with E-state index in [0.717, 1.165) is 5.69 Å². The van der Waals surface area contributed by atoms with Gasteiger partial charge in [0.05, 0.1) is 23.4 Å². The van der Waals surface area contributed by atoms with Crippen LogP contribution in [0.3, 0.4) is 0 Å². The number of benzene rings is 1. The summed E-state index contributed by atoms with van der Waals surface area (Å²) < 4.78 is 1.64. The fraction of sp³-hybridized carbons (Fsp3) is 0.154. The van der Waals surface area contributed by atoms with Crippen molar-refractivity contribution in [2.45, 2.75) is 6.92 Å². The van der Waals surface area contributed by atoms with Gasteiger partial charge in [-0.2, -0.15) is 10.4 Å². The van der Waals surface area contributed by atoms with Crippen LogP contribution in [0.4, 0.5) is 5.69 Å². The Hall–Kier alpha value is -2.61. The fourth-order valence-electron chi connectivity index (χ4n) is 1.59. The highest BCUT2D eigenvalue weighted by molar-refractivity contribution is 6.04. The molecule has 18 heavy (non-hydrogen) atoms. The molecule has 1 aromatic carbocycles. The van der Waals surface area contributed by atoms with Crippen LogP contribution in [0.25, 0.3) is 0 Å². The van der Waals surface area contributed by atoms with E-state index < -0.39 is 0 Å². The number of amides is 1. The van der Waals surface area contributed by atoms with Gasteiger partial charge < -0.3 is 5.32 Å². The first-order valence-electron chi connectivity index (χ1n) is 5.42. The maximum Gasteiger partial charge on any atom is 0.259 e. The van der Waals surface area contributed by atoms with Crippen molar-refractivity contribution in [1.29, 1.82) is 5.26 Å². The number of nitrogens with zero attached hydrogens (tertiary/aromatic N) is 3. The second-order valence-electron chi connectivity index (χ2n) is 3.91. The number of aromatic nitrogens is 2. The van der Waals surface area contributed by atoms with Crippen LogP contribution in [0, 0.1) is 18.3 Å². The minimum Gasteiger partial charge on any atom is -0.322 e. The lowest BCUT2D eigenvalue weighted by Crippen LogP contribution is -2.13. The normalized spacial score (nSPS) is 9.83. The van der Waals surface area contributed by atoms with Gasteiger partial charge in [-0.3, -0.25) is 9.48 Å². The quantitative estimate of drug-likeness (QED) is 0.870. The maximum absolute atomic E-state index is 12.0. The van der Waals surface area contributed by atoms with Crippen molar-refractivity contribution < 1.29 is 4.79 Å². The number of carbonyl (C=O) groups is 1. The summed E-state index contributed by atoms with van der Waals surface area (Å²) in [6.07, 6.45) is 1.53. The number of rotatable bonds is 2. The van der Waals surface area contributed by atoms with E-state index in [2.05, 4.69) is 10.4 Å². The van der Waals surface area contributed by atoms with Gasteiger partial charge in [0, 0.05) is 18.4 Å². The molecule has 0 radical (unpaired) electrons. The molecule has 0 saturated carbocycles. The molecule has 0 aliphatic carbocycles. The molecular weight excluding hydrogens is 228 g/mol. The van der Waals surface area contributed by atoms with Crippen molar-refractivity contribution in [1.82, 2.24) is 9.78 Å². The van der Waals surface area contributed by atoms with Gasteiger partial charge in [-0.15, -0.1) is 0 Å². The Morgan fingerprint density at radius 1 is 1.50 bits per heavy atom. The predicted molar refractivity (Wildman–Crippen MR) is 67.1 cm³/mol. The number of aryl methyl sites for hydroxylation is 1. The fourth-order valence-corrected chi connectivity index (χ4v) is 1.59. The number of hydrogen-bond donors (Lipinski definition) is 1. The highest BCUT2D eigenvalue weighted by Crippen LogP contribution is 2.13. The molecule has 2 rings (SSSR count). The van der Waals surface area contributed by atoms with E-state index in [0.29, 0.717) is 16.8 Å². The first kappa shape index (κ1) is 11.9. The van der Waals surface area contributed by atoms with Gasteiger partial charge in [-0.05, 0) is 25.1 Å². The lowest BCUT2D eigenvalue weighted by Gasteiger charge is -2.04. The highest BCUT2D eigenvalue weighted by Gasteiger charge is 2.12. The molecule has 0 aliphatic heterocycles. The van der Waals surface area contributed by atoms with Crippen LogP contribution in [-0.4, -0.2) is 15.7 Å². The minimum absolute atomic E-state index is 0.226. The van der Waals surface area contributed by atoms with Crippen LogP contribution in [0.15, 0.2) is 30.5 Å². The van der Waals surface area contributed by atoms with Crippen molar-refractivity contribution in [3.63, 3.8) is 0 Å². The molecule has 0 unspecified atom stereocenters. The molecule has 0 saturated heterocycles. The van der Waals surface area contributed by atoms with Gasteiger partial charge in [0.1, 0.15) is 0 Å². The topological polar surface area (TPSA) is 70.7 Å². The Labute approximate surface area is 105 Å². The van der Waals surface area contributed by atoms with E-state index in [1.807, 2.05) is 13.0 Å². The third kappa shape index (κ3) is 2.23. The zero-order valence-corrected chi connectivity index (χ0v) is 10.1. The average molecular weight is 240 g/mol. The van der Waals surface area contributed by atoms with Crippen LogP contribution in [0.5, 0.6) is 0 Å². The monoisotopic (exact) mass is 240 g/mol. The van der Waals surface area contributed by atoms with Crippen molar-refractivity contribution in [2.75, 3.05) is 5.32 Å². The van der Waals surface area contributed by atoms with Crippen molar-refractivity contribution in [3.05, 3.63) is 47.3 Å². The summed E-state index contributed by atoms with van der Waals surface area (Å²) in [5.41, 5.74) is 2.43. The molecule has 0 spiro atoms. The zero-order chi connectivity index (χ0) is 13.1. The van der Waals surface area contributed by atoms with E-state index in [1.54, 1.807) is 36.0 Å². The third-order valence-corrected chi connectivity index (χ3v) is 2.73. The van der Waals surface area contributed by atoms with E-state index in [9.17, 15) is 4.79 Å². The van der Waals surface area contributed by atoms with Crippen LogP contribution >= 0.6 is 0 Å². The summed E-state index contributed by atoms with van der Waals surface area (Å²) in [5, 5.41) is 15.5. The molecule has 2 aromatic rings. The summed E-state index contributed by atoms with van der Waals surface area (Å²) in [5.74, 6) is -0.226. The molecule has 1 heterocycles. The second kappa shape index (κ2) is 4.72. The van der Waals surface area contributed by atoms with E-state index in [-0.39, 0.29) is 5.91 Å². The van der Waals surface area contributed by atoms with Crippen LogP contribution < -0.4 is 5.32 Å². The number of carbonyl (C=O) groups excluding carboxylic acids is 1. The number of nitriles is 1. The maximum atomic E-state index is 12.0. The molecule has 5 heteroatoms. The van der Waals surface area contributed by atoms with Crippen LogP contribution in [0.1, 0.15) is 21.6 Å². The molecule has 0 bridgehead atoms. The van der Waals surface area contributed by atoms with Gasteiger partial charge in [-0.1, -0.05) is 6.07 Å². The standard InChI is InChI=1S/C13H12N4O/c1-9-12(8-15-17(9)2)13(18)16-11-5-3-4-10(6-11)7-14/h3-6,8H,1-2H3,(H,16,18). The van der Waals surface area contributed by atoms with E-state index in [1.165, 1.54) is 6.20 Å². The zero-order valence-electron chi connectivity index (χ0n) is 10.1. The van der Waals surface area contributed by atoms with E-state index in [4.69, 9.17) is 5.26 Å². The van der Waals surface area contributed by atoms with Crippen LogP contribution in [-0.2, 0) is 7.05 Å². The lowest BCUT2D eigenvalue weighted by molar-refractivity contribution is 0.102. The smallest absolute Gasteiger partial charge is 0.259 e. The van der Waals surface area contributed by atoms with Crippen molar-refractivity contribution in [2.24, 2.45) is 7.05 Å². The van der Waals surface area contributed by atoms with Crippen molar-refractivity contribution >= 4 is 11.6 Å². The molecule has 1 amide bonds. The van der Waals surface area contributed by atoms with Gasteiger partial charge in [0.25, 0.3) is 5.91 Å². The number of nitrogens with one attached hydrogen (secondary N) is 1.